The summed E-state index contributed by atoms with van der Waals surface area (Å²) in [7, 11) is 0. The predicted molar refractivity (Wildman–Crippen MR) is 98.4 cm³/mol. The molecule has 0 bridgehead atoms. The van der Waals surface area contributed by atoms with Crippen LogP contribution in [-0.4, -0.2) is 17.0 Å². The van der Waals surface area contributed by atoms with Crippen LogP contribution in [0.1, 0.15) is 24.8 Å². The van der Waals surface area contributed by atoms with Crippen molar-refractivity contribution in [2.24, 2.45) is 5.92 Å². The van der Waals surface area contributed by atoms with Gasteiger partial charge >= 0.3 is 5.97 Å². The maximum Gasteiger partial charge on any atom is 0.307 e. The van der Waals surface area contributed by atoms with E-state index in [4.69, 9.17) is 0 Å². The first-order valence-electron chi connectivity index (χ1n) is 7.31. The SMILES string of the molecule is C[C@H](c1ccccc1)[C@@H](CC(=O)Nc1ccccc1I)C(=O)O. The van der Waals surface area contributed by atoms with Crippen LogP contribution < -0.4 is 5.32 Å². The lowest BCUT2D eigenvalue weighted by Gasteiger charge is -2.20. The molecule has 5 heteroatoms. The van der Waals surface area contributed by atoms with Gasteiger partial charge in [0.05, 0.1) is 11.6 Å². The molecule has 2 aromatic rings. The number of anilines is 1. The molecule has 0 aliphatic carbocycles. The van der Waals surface area contributed by atoms with Crippen LogP contribution >= 0.6 is 22.6 Å². The first kappa shape index (κ1) is 17.5. The number of aliphatic carboxylic acids is 1. The van der Waals surface area contributed by atoms with Crippen molar-refractivity contribution in [3.63, 3.8) is 0 Å². The Morgan fingerprint density at radius 1 is 1.09 bits per heavy atom. The van der Waals surface area contributed by atoms with E-state index < -0.39 is 11.9 Å². The summed E-state index contributed by atoms with van der Waals surface area (Å²) in [5.74, 6) is -2.25. The van der Waals surface area contributed by atoms with Crippen LogP contribution in [0.25, 0.3) is 0 Å². The number of benzene rings is 2. The van der Waals surface area contributed by atoms with Gasteiger partial charge in [0.1, 0.15) is 0 Å². The molecule has 0 aliphatic heterocycles. The molecule has 2 aromatic carbocycles. The lowest BCUT2D eigenvalue weighted by atomic mass is 9.85. The van der Waals surface area contributed by atoms with Gasteiger partial charge in [-0.05, 0) is 46.2 Å². The van der Waals surface area contributed by atoms with Crippen molar-refractivity contribution < 1.29 is 14.7 Å². The van der Waals surface area contributed by atoms with E-state index in [0.29, 0.717) is 5.69 Å². The first-order chi connectivity index (χ1) is 11.0. The molecule has 120 valence electrons. The first-order valence-corrected chi connectivity index (χ1v) is 8.39. The highest BCUT2D eigenvalue weighted by Crippen LogP contribution is 2.28. The summed E-state index contributed by atoms with van der Waals surface area (Å²) in [5.41, 5.74) is 1.62. The third-order valence-corrected chi connectivity index (χ3v) is 4.74. The number of halogens is 1. The zero-order chi connectivity index (χ0) is 16.8. The second-order valence-electron chi connectivity index (χ2n) is 5.38. The molecule has 0 spiro atoms. The second-order valence-corrected chi connectivity index (χ2v) is 6.54. The summed E-state index contributed by atoms with van der Waals surface area (Å²) < 4.78 is 0.918. The Bertz CT molecular complexity index is 688. The van der Waals surface area contributed by atoms with Crippen LogP contribution in [0.4, 0.5) is 5.69 Å². The average molecular weight is 423 g/mol. The van der Waals surface area contributed by atoms with Gasteiger partial charge in [0.25, 0.3) is 0 Å². The number of hydrogen-bond acceptors (Lipinski definition) is 2. The minimum atomic E-state index is -0.959. The van der Waals surface area contributed by atoms with Crippen molar-refractivity contribution in [2.75, 3.05) is 5.32 Å². The maximum atomic E-state index is 12.2. The lowest BCUT2D eigenvalue weighted by molar-refractivity contribution is -0.144. The Morgan fingerprint density at radius 2 is 1.70 bits per heavy atom. The second kappa shape index (κ2) is 8.10. The molecule has 0 saturated carbocycles. The van der Waals surface area contributed by atoms with Crippen molar-refractivity contribution in [1.82, 2.24) is 0 Å². The number of rotatable bonds is 6. The molecule has 23 heavy (non-hydrogen) atoms. The molecular formula is C18H18INO3. The molecule has 0 heterocycles. The quantitative estimate of drug-likeness (QED) is 0.687. The van der Waals surface area contributed by atoms with Crippen LogP contribution in [0.2, 0.25) is 0 Å². The number of para-hydroxylation sites is 1. The van der Waals surface area contributed by atoms with E-state index in [1.807, 2.05) is 55.5 Å². The summed E-state index contributed by atoms with van der Waals surface area (Å²) in [6, 6.07) is 16.8. The minimum absolute atomic E-state index is 0.0592. The Hall–Kier alpha value is -1.89. The molecule has 0 aliphatic rings. The minimum Gasteiger partial charge on any atom is -0.481 e. The Balaban J connectivity index is 2.09. The Morgan fingerprint density at radius 3 is 2.30 bits per heavy atom. The van der Waals surface area contributed by atoms with Gasteiger partial charge < -0.3 is 10.4 Å². The predicted octanol–water partition coefficient (Wildman–Crippen LogP) is 4.12. The van der Waals surface area contributed by atoms with Gasteiger partial charge in [-0.25, -0.2) is 0 Å². The standard InChI is InChI=1S/C18H18INO3/c1-12(13-7-3-2-4-8-13)14(18(22)23)11-17(21)20-16-10-6-5-9-15(16)19/h2-10,12,14H,11H2,1H3,(H,20,21)(H,22,23)/t12-,14-/m1/s1. The molecule has 0 saturated heterocycles. The van der Waals surface area contributed by atoms with Crippen molar-refractivity contribution in [3.8, 4) is 0 Å². The van der Waals surface area contributed by atoms with Crippen LogP contribution in [0.3, 0.4) is 0 Å². The van der Waals surface area contributed by atoms with Crippen LogP contribution in [0.5, 0.6) is 0 Å². The van der Waals surface area contributed by atoms with Gasteiger partial charge in [-0.3, -0.25) is 9.59 Å². The molecule has 0 aromatic heterocycles. The van der Waals surface area contributed by atoms with Crippen molar-refractivity contribution in [2.45, 2.75) is 19.3 Å². The van der Waals surface area contributed by atoms with E-state index in [1.165, 1.54) is 0 Å². The number of carbonyl (C=O) groups is 2. The molecule has 0 fully saturated rings. The fourth-order valence-electron chi connectivity index (χ4n) is 2.43. The summed E-state index contributed by atoms with van der Waals surface area (Å²) in [5, 5.41) is 12.3. The highest BCUT2D eigenvalue weighted by atomic mass is 127. The highest BCUT2D eigenvalue weighted by molar-refractivity contribution is 14.1. The van der Waals surface area contributed by atoms with Crippen molar-refractivity contribution in [3.05, 3.63) is 63.7 Å². The molecule has 2 atom stereocenters. The van der Waals surface area contributed by atoms with Gasteiger partial charge in [0.15, 0.2) is 0 Å². The summed E-state index contributed by atoms with van der Waals surface area (Å²) in [6.07, 6.45) is -0.0592. The fourth-order valence-corrected chi connectivity index (χ4v) is 2.95. The molecule has 4 nitrogen and oxygen atoms in total. The van der Waals surface area contributed by atoms with Crippen molar-refractivity contribution >= 4 is 40.2 Å². The molecule has 1 amide bonds. The molecular weight excluding hydrogens is 405 g/mol. The zero-order valence-corrected chi connectivity index (χ0v) is 14.9. The third kappa shape index (κ3) is 4.79. The van der Waals surface area contributed by atoms with E-state index >= 15 is 0 Å². The van der Waals surface area contributed by atoms with Crippen LogP contribution in [-0.2, 0) is 9.59 Å². The Kier molecular flexibility index (Phi) is 6.15. The molecule has 2 N–H and O–H groups in total. The monoisotopic (exact) mass is 423 g/mol. The van der Waals surface area contributed by atoms with E-state index in [-0.39, 0.29) is 18.2 Å². The molecule has 0 radical (unpaired) electrons. The third-order valence-electron chi connectivity index (χ3n) is 3.80. The normalized spacial score (nSPS) is 13.1. The topological polar surface area (TPSA) is 66.4 Å². The highest BCUT2D eigenvalue weighted by Gasteiger charge is 2.28. The number of carbonyl (C=O) groups excluding carboxylic acids is 1. The number of carboxylic acids is 1. The van der Waals surface area contributed by atoms with Crippen molar-refractivity contribution in [1.29, 1.82) is 0 Å². The summed E-state index contributed by atoms with van der Waals surface area (Å²) in [6.45, 7) is 1.84. The fraction of sp³-hybridized carbons (Fsp3) is 0.222. The smallest absolute Gasteiger partial charge is 0.307 e. The van der Waals surface area contributed by atoms with Gasteiger partial charge in [0, 0.05) is 9.99 Å². The number of hydrogen-bond donors (Lipinski definition) is 2. The van der Waals surface area contributed by atoms with E-state index in [2.05, 4.69) is 27.9 Å². The number of amides is 1. The zero-order valence-electron chi connectivity index (χ0n) is 12.7. The van der Waals surface area contributed by atoms with Gasteiger partial charge in [-0.15, -0.1) is 0 Å². The van der Waals surface area contributed by atoms with E-state index in [9.17, 15) is 14.7 Å². The number of nitrogens with one attached hydrogen (secondary N) is 1. The van der Waals surface area contributed by atoms with Gasteiger partial charge in [0.2, 0.25) is 5.91 Å². The summed E-state index contributed by atoms with van der Waals surface area (Å²) >= 11 is 2.13. The van der Waals surface area contributed by atoms with E-state index in [1.54, 1.807) is 6.07 Å². The largest absolute Gasteiger partial charge is 0.481 e. The number of carboxylic acid groups (broad SMARTS) is 1. The van der Waals surface area contributed by atoms with Gasteiger partial charge in [-0.1, -0.05) is 49.4 Å². The molecule has 0 unspecified atom stereocenters. The van der Waals surface area contributed by atoms with Gasteiger partial charge in [-0.2, -0.15) is 0 Å². The van der Waals surface area contributed by atoms with Crippen LogP contribution in [0, 0.1) is 9.49 Å². The Labute approximate surface area is 149 Å². The molecule has 2 rings (SSSR count). The maximum absolute atomic E-state index is 12.2. The van der Waals surface area contributed by atoms with Crippen LogP contribution in [0.15, 0.2) is 54.6 Å². The average Bonchev–Trinajstić information content (AvgIpc) is 2.55. The summed E-state index contributed by atoms with van der Waals surface area (Å²) in [4.78, 5) is 23.8. The van der Waals surface area contributed by atoms with E-state index in [0.717, 1.165) is 9.13 Å². The lowest BCUT2D eigenvalue weighted by Crippen LogP contribution is -2.26.